The number of primary amides is 1. The van der Waals surface area contributed by atoms with Crippen molar-refractivity contribution in [2.45, 2.75) is 58.0 Å². The zero-order valence-electron chi connectivity index (χ0n) is 28.3. The number of carbonyl (C=O) groups is 5. The molecule has 262 valence electrons. The number of nitrogens with zero attached hydrogens (tertiary/aromatic N) is 5. The fourth-order valence-corrected chi connectivity index (χ4v) is 5.28. The molecule has 4 N–H and O–H groups in total. The summed E-state index contributed by atoms with van der Waals surface area (Å²) in [6, 6.07) is 10.1. The Morgan fingerprint density at radius 2 is 1.90 bits per heavy atom. The quantitative estimate of drug-likeness (QED) is 0.127. The highest BCUT2D eigenvalue weighted by Crippen LogP contribution is 2.46. The van der Waals surface area contributed by atoms with Crippen molar-refractivity contribution < 1.29 is 33.1 Å². The zero-order chi connectivity index (χ0) is 36.0. The Morgan fingerprint density at radius 1 is 1.14 bits per heavy atom. The average molecular weight is 685 g/mol. The van der Waals surface area contributed by atoms with E-state index in [1.54, 1.807) is 48.5 Å². The van der Waals surface area contributed by atoms with Gasteiger partial charge in [0.1, 0.15) is 18.2 Å². The van der Waals surface area contributed by atoms with Gasteiger partial charge in [-0.15, -0.1) is 0 Å². The van der Waals surface area contributed by atoms with Gasteiger partial charge in [0.25, 0.3) is 17.7 Å². The molecule has 1 saturated carbocycles. The first-order valence-corrected chi connectivity index (χ1v) is 16.2. The Balaban J connectivity index is 1.21. The predicted molar refractivity (Wildman–Crippen MR) is 182 cm³/mol. The monoisotopic (exact) mass is 684 g/mol. The summed E-state index contributed by atoms with van der Waals surface area (Å²) in [6.07, 6.45) is 7.43. The highest BCUT2D eigenvalue weighted by atomic mass is 16.6. The van der Waals surface area contributed by atoms with Crippen molar-refractivity contribution in [3.63, 3.8) is 0 Å². The fraction of sp³-hybridized carbons (Fsp3) is 0.371. The molecule has 4 aromatic rings. The van der Waals surface area contributed by atoms with E-state index in [4.69, 9.17) is 14.9 Å². The third-order valence-electron chi connectivity index (χ3n) is 7.96. The van der Waals surface area contributed by atoms with Gasteiger partial charge in [-0.1, -0.05) is 0 Å². The molecule has 2 unspecified atom stereocenters. The lowest BCUT2D eigenvalue weighted by Crippen LogP contribution is -2.33. The van der Waals surface area contributed by atoms with Crippen molar-refractivity contribution in [1.29, 1.82) is 0 Å². The molecule has 0 spiro atoms. The molecule has 15 heteroatoms. The molecule has 1 aliphatic carbocycles. The van der Waals surface area contributed by atoms with E-state index in [1.807, 2.05) is 26.8 Å². The molecule has 1 fully saturated rings. The Labute approximate surface area is 288 Å². The number of benzene rings is 1. The number of ether oxygens (including phenoxy) is 1. The molecule has 1 aromatic carbocycles. The van der Waals surface area contributed by atoms with Crippen LogP contribution in [0, 0.1) is 5.92 Å². The minimum Gasteiger partial charge on any atom is -0.444 e. The van der Waals surface area contributed by atoms with E-state index in [-0.39, 0.29) is 40.7 Å². The Morgan fingerprint density at radius 3 is 2.60 bits per heavy atom. The minimum atomic E-state index is -0.855. The lowest BCUT2D eigenvalue weighted by Gasteiger charge is -2.19. The number of rotatable bonds is 14. The van der Waals surface area contributed by atoms with E-state index in [2.05, 4.69) is 25.7 Å². The van der Waals surface area contributed by atoms with Crippen LogP contribution in [-0.4, -0.2) is 80.5 Å². The van der Waals surface area contributed by atoms with Gasteiger partial charge in [0.15, 0.2) is 11.4 Å². The second kappa shape index (κ2) is 15.1. The standard InChI is InChI=1S/C35H40N8O7/c1-35(2,3)50-34(48)38-18-23-16-25(23)26-17-22(12-13-37-26)32-40-28(20-49-32)31(46)39-27-19-43(41-29(27)30(36)45)24-10-8-21(9-11-24)33(47)42(4)14-6-5-7-15-44/h8-13,15,17,19-20,23,25H,5-7,14,16,18H2,1-4H3,(H2,36,45)(H,38,48)(H,39,46). The van der Waals surface area contributed by atoms with Crippen molar-refractivity contribution in [3.05, 3.63) is 77.7 Å². The second-order valence-electron chi connectivity index (χ2n) is 13.1. The third-order valence-corrected chi connectivity index (χ3v) is 7.96. The van der Waals surface area contributed by atoms with Crippen LogP contribution in [0.1, 0.15) is 89.4 Å². The SMILES string of the molecule is CN(CCCCC=O)C(=O)c1ccc(-n2cc(NC(=O)c3coc(-c4ccnc(C5CC5CNC(=O)OC(C)(C)C)c4)n3)c(C(N)=O)n2)cc1. The molecule has 0 saturated heterocycles. The summed E-state index contributed by atoms with van der Waals surface area (Å²) in [6.45, 7) is 6.41. The number of carbonyl (C=O) groups excluding carboxylic acids is 5. The maximum atomic E-state index is 13.2. The van der Waals surface area contributed by atoms with Crippen LogP contribution in [0.5, 0.6) is 0 Å². The number of amides is 4. The van der Waals surface area contributed by atoms with E-state index in [0.717, 1.165) is 24.8 Å². The maximum Gasteiger partial charge on any atom is 0.407 e. The van der Waals surface area contributed by atoms with Crippen molar-refractivity contribution in [3.8, 4) is 17.1 Å². The molecule has 3 heterocycles. The van der Waals surface area contributed by atoms with Gasteiger partial charge in [-0.05, 0) is 82.3 Å². The smallest absolute Gasteiger partial charge is 0.407 e. The summed E-state index contributed by atoms with van der Waals surface area (Å²) in [5.74, 6) is -1.11. The molecule has 0 aliphatic heterocycles. The molecule has 3 aromatic heterocycles. The number of nitrogens with one attached hydrogen (secondary N) is 2. The molecular formula is C35H40N8O7. The van der Waals surface area contributed by atoms with Gasteiger partial charge in [-0.25, -0.2) is 14.5 Å². The summed E-state index contributed by atoms with van der Waals surface area (Å²) in [5.41, 5.74) is 7.26. The molecule has 50 heavy (non-hydrogen) atoms. The van der Waals surface area contributed by atoms with Crippen LogP contribution in [-0.2, 0) is 9.53 Å². The van der Waals surface area contributed by atoms with E-state index in [9.17, 15) is 24.0 Å². The number of oxazole rings is 1. The van der Waals surface area contributed by atoms with E-state index in [0.29, 0.717) is 42.7 Å². The van der Waals surface area contributed by atoms with Gasteiger partial charge in [-0.2, -0.15) is 5.10 Å². The predicted octanol–water partition coefficient (Wildman–Crippen LogP) is 4.34. The lowest BCUT2D eigenvalue weighted by molar-refractivity contribution is -0.107. The summed E-state index contributed by atoms with van der Waals surface area (Å²) in [5, 5.41) is 9.68. The number of pyridine rings is 1. The summed E-state index contributed by atoms with van der Waals surface area (Å²) >= 11 is 0. The zero-order valence-corrected chi connectivity index (χ0v) is 28.3. The molecular weight excluding hydrogens is 644 g/mol. The van der Waals surface area contributed by atoms with Gasteiger partial charge < -0.3 is 35.2 Å². The Bertz CT molecular complexity index is 1880. The summed E-state index contributed by atoms with van der Waals surface area (Å²) < 4.78 is 12.3. The first-order valence-electron chi connectivity index (χ1n) is 16.2. The van der Waals surface area contributed by atoms with Crippen molar-refractivity contribution >= 4 is 35.8 Å². The maximum absolute atomic E-state index is 13.2. The number of aromatic nitrogens is 4. The van der Waals surface area contributed by atoms with Crippen LogP contribution >= 0.6 is 0 Å². The molecule has 5 rings (SSSR count). The van der Waals surface area contributed by atoms with Crippen molar-refractivity contribution in [1.82, 2.24) is 30.0 Å². The Kier molecular flexibility index (Phi) is 10.7. The lowest BCUT2D eigenvalue weighted by atomic mass is 10.1. The van der Waals surface area contributed by atoms with E-state index < -0.39 is 23.5 Å². The summed E-state index contributed by atoms with van der Waals surface area (Å²) in [7, 11) is 1.70. The third kappa shape index (κ3) is 8.98. The molecule has 1 aliphatic rings. The van der Waals surface area contributed by atoms with Crippen molar-refractivity contribution in [2.75, 3.05) is 25.5 Å². The van der Waals surface area contributed by atoms with Crippen LogP contribution in [0.25, 0.3) is 17.1 Å². The fourth-order valence-electron chi connectivity index (χ4n) is 5.28. The average Bonchev–Trinajstić information content (AvgIpc) is 3.46. The van der Waals surface area contributed by atoms with Crippen LogP contribution < -0.4 is 16.4 Å². The highest BCUT2D eigenvalue weighted by molar-refractivity contribution is 6.07. The molecule has 4 amide bonds. The minimum absolute atomic E-state index is 0.0365. The van der Waals surface area contributed by atoms with Crippen molar-refractivity contribution in [2.24, 2.45) is 11.7 Å². The normalized spacial score (nSPS) is 15.2. The van der Waals surface area contributed by atoms with Gasteiger partial charge in [-0.3, -0.25) is 19.4 Å². The van der Waals surface area contributed by atoms with Gasteiger partial charge in [0.05, 0.1) is 17.6 Å². The number of unbranched alkanes of at least 4 members (excludes halogenated alkanes) is 2. The number of hydrogen-bond donors (Lipinski definition) is 3. The largest absolute Gasteiger partial charge is 0.444 e. The van der Waals surface area contributed by atoms with Crippen LogP contribution in [0.4, 0.5) is 10.5 Å². The number of anilines is 1. The molecule has 0 radical (unpaired) electrons. The van der Waals surface area contributed by atoms with Crippen LogP contribution in [0.2, 0.25) is 0 Å². The second-order valence-corrected chi connectivity index (χ2v) is 13.1. The molecule has 15 nitrogen and oxygen atoms in total. The number of aldehydes is 1. The van der Waals surface area contributed by atoms with Crippen LogP contribution in [0.3, 0.4) is 0 Å². The summed E-state index contributed by atoms with van der Waals surface area (Å²) in [4.78, 5) is 71.1. The molecule has 2 atom stereocenters. The van der Waals surface area contributed by atoms with E-state index >= 15 is 0 Å². The van der Waals surface area contributed by atoms with Crippen LogP contribution in [0.15, 0.2) is 59.5 Å². The highest BCUT2D eigenvalue weighted by Gasteiger charge is 2.40. The molecule has 0 bridgehead atoms. The number of hydrogen-bond acceptors (Lipinski definition) is 10. The Hall–Kier alpha value is -5.86. The van der Waals surface area contributed by atoms with Gasteiger partial charge >= 0.3 is 6.09 Å². The first kappa shape index (κ1) is 35.4. The first-order chi connectivity index (χ1) is 23.8. The van der Waals surface area contributed by atoms with E-state index in [1.165, 1.54) is 17.1 Å². The van der Waals surface area contributed by atoms with Gasteiger partial charge in [0.2, 0.25) is 5.89 Å². The number of alkyl carbamates (subject to hydrolysis) is 1. The van der Waals surface area contributed by atoms with Gasteiger partial charge in [0, 0.05) is 55.5 Å². The topological polar surface area (TPSA) is 205 Å². The number of nitrogens with two attached hydrogens (primary N) is 1.